The number of nitrogens with one attached hydrogen (secondary N) is 1. The van der Waals surface area contributed by atoms with E-state index in [9.17, 15) is 18.8 Å². The lowest BCUT2D eigenvalue weighted by Crippen LogP contribution is -2.30. The van der Waals surface area contributed by atoms with Crippen LogP contribution in [0.3, 0.4) is 0 Å². The molecule has 1 aliphatic carbocycles. The van der Waals surface area contributed by atoms with Gasteiger partial charge in [-0.05, 0) is 42.9 Å². The monoisotopic (exact) mass is 402 g/mol. The number of carbonyl (C=O) groups excluding carboxylic acids is 3. The molecule has 4 rings (SSSR count). The molecule has 0 spiro atoms. The molecule has 0 aromatic heterocycles. The summed E-state index contributed by atoms with van der Waals surface area (Å²) in [5.41, 5.74) is 2.74. The third-order valence-electron chi connectivity index (χ3n) is 4.99. The largest absolute Gasteiger partial charge is 0.325 e. The maximum atomic E-state index is 13.0. The second kappa shape index (κ2) is 8.00. The summed E-state index contributed by atoms with van der Waals surface area (Å²) in [6, 6.07) is 17.6. The predicted octanol–water partition coefficient (Wildman–Crippen LogP) is 3.67. The van der Waals surface area contributed by atoms with Gasteiger partial charge in [-0.2, -0.15) is 0 Å². The fraction of sp³-hybridized carbons (Fsp3) is 0.125. The van der Waals surface area contributed by atoms with Gasteiger partial charge in [0.05, 0.1) is 6.54 Å². The van der Waals surface area contributed by atoms with Crippen LogP contribution in [0.25, 0.3) is 0 Å². The van der Waals surface area contributed by atoms with Gasteiger partial charge in [0.2, 0.25) is 5.91 Å². The minimum absolute atomic E-state index is 0.115. The van der Waals surface area contributed by atoms with E-state index in [4.69, 9.17) is 0 Å². The molecule has 0 atom stereocenters. The molecule has 3 aromatic carbocycles. The number of ketones is 2. The summed E-state index contributed by atoms with van der Waals surface area (Å²) < 4.78 is 13.0. The van der Waals surface area contributed by atoms with Crippen molar-refractivity contribution < 1.29 is 18.8 Å². The lowest BCUT2D eigenvalue weighted by Gasteiger charge is -2.19. The fourth-order valence-corrected chi connectivity index (χ4v) is 3.58. The highest BCUT2D eigenvalue weighted by Crippen LogP contribution is 2.29. The van der Waals surface area contributed by atoms with Crippen LogP contribution in [0.2, 0.25) is 0 Å². The molecule has 0 saturated carbocycles. The summed E-state index contributed by atoms with van der Waals surface area (Å²) in [6.45, 7) is 0.603. The molecule has 3 aromatic rings. The van der Waals surface area contributed by atoms with Crippen molar-refractivity contribution in [2.45, 2.75) is 6.54 Å². The van der Waals surface area contributed by atoms with Crippen LogP contribution in [-0.2, 0) is 11.3 Å². The van der Waals surface area contributed by atoms with Crippen LogP contribution in [0, 0.1) is 5.82 Å². The van der Waals surface area contributed by atoms with Gasteiger partial charge in [-0.1, -0.05) is 36.4 Å². The van der Waals surface area contributed by atoms with Crippen LogP contribution < -0.4 is 5.32 Å². The first kappa shape index (κ1) is 19.7. The lowest BCUT2D eigenvalue weighted by molar-refractivity contribution is -0.117. The van der Waals surface area contributed by atoms with Gasteiger partial charge < -0.3 is 5.32 Å². The molecule has 6 heteroatoms. The molecule has 0 radical (unpaired) electrons. The normalized spacial score (nSPS) is 12.5. The summed E-state index contributed by atoms with van der Waals surface area (Å²) in [6.07, 6.45) is 0. The SMILES string of the molecule is CN(CC(=O)Nc1ccc2c(c1)C(=O)c1ccccc1C2=O)Cc1ccc(F)cc1. The maximum Gasteiger partial charge on any atom is 0.238 e. The van der Waals surface area contributed by atoms with Crippen LogP contribution in [-0.4, -0.2) is 36.0 Å². The Hall–Kier alpha value is -3.64. The van der Waals surface area contributed by atoms with E-state index in [0.717, 1.165) is 5.56 Å². The molecule has 0 unspecified atom stereocenters. The van der Waals surface area contributed by atoms with Crippen molar-refractivity contribution in [1.29, 1.82) is 0 Å². The second-order valence-corrected chi connectivity index (χ2v) is 7.31. The molecule has 150 valence electrons. The van der Waals surface area contributed by atoms with Crippen molar-refractivity contribution in [2.75, 3.05) is 18.9 Å². The Bertz CT molecular complexity index is 1160. The first-order valence-corrected chi connectivity index (χ1v) is 9.47. The number of nitrogens with zero attached hydrogens (tertiary/aromatic N) is 1. The quantitative estimate of drug-likeness (QED) is 0.553. The summed E-state index contributed by atoms with van der Waals surface area (Å²) in [5, 5.41) is 2.77. The number of amides is 1. The van der Waals surface area contributed by atoms with Crippen molar-refractivity contribution in [1.82, 2.24) is 4.90 Å². The topological polar surface area (TPSA) is 66.5 Å². The average Bonchev–Trinajstić information content (AvgIpc) is 2.73. The minimum Gasteiger partial charge on any atom is -0.325 e. The van der Waals surface area contributed by atoms with Crippen LogP contribution in [0.5, 0.6) is 0 Å². The van der Waals surface area contributed by atoms with Gasteiger partial charge in [0.25, 0.3) is 0 Å². The molecule has 0 fully saturated rings. The Morgan fingerprint density at radius 3 is 2.13 bits per heavy atom. The Morgan fingerprint density at radius 2 is 1.47 bits per heavy atom. The summed E-state index contributed by atoms with van der Waals surface area (Å²) >= 11 is 0. The van der Waals surface area contributed by atoms with Crippen LogP contribution in [0.4, 0.5) is 10.1 Å². The lowest BCUT2D eigenvalue weighted by atomic mass is 9.84. The molecule has 0 heterocycles. The minimum atomic E-state index is -0.304. The fourth-order valence-electron chi connectivity index (χ4n) is 3.58. The van der Waals surface area contributed by atoms with E-state index in [-0.39, 0.29) is 35.4 Å². The molecule has 0 aliphatic heterocycles. The zero-order valence-corrected chi connectivity index (χ0v) is 16.3. The van der Waals surface area contributed by atoms with Crippen molar-refractivity contribution in [2.24, 2.45) is 0 Å². The molecule has 1 amide bonds. The highest BCUT2D eigenvalue weighted by molar-refractivity contribution is 6.28. The predicted molar refractivity (Wildman–Crippen MR) is 111 cm³/mol. The van der Waals surface area contributed by atoms with Crippen molar-refractivity contribution in [3.8, 4) is 0 Å². The number of hydrogen-bond donors (Lipinski definition) is 1. The van der Waals surface area contributed by atoms with Crippen LogP contribution in [0.1, 0.15) is 37.4 Å². The Morgan fingerprint density at radius 1 is 0.867 bits per heavy atom. The molecular formula is C24H19FN2O3. The third-order valence-corrected chi connectivity index (χ3v) is 4.99. The molecule has 1 N–H and O–H groups in total. The smallest absolute Gasteiger partial charge is 0.238 e. The van der Waals surface area contributed by atoms with E-state index in [1.54, 1.807) is 66.5 Å². The first-order valence-electron chi connectivity index (χ1n) is 9.47. The van der Waals surface area contributed by atoms with Gasteiger partial charge in [-0.25, -0.2) is 4.39 Å². The van der Waals surface area contributed by atoms with Gasteiger partial charge in [0.15, 0.2) is 11.6 Å². The van der Waals surface area contributed by atoms with E-state index in [1.165, 1.54) is 12.1 Å². The van der Waals surface area contributed by atoms with Crippen LogP contribution >= 0.6 is 0 Å². The van der Waals surface area contributed by atoms with Crippen molar-refractivity contribution in [3.63, 3.8) is 0 Å². The van der Waals surface area contributed by atoms with Crippen LogP contribution in [0.15, 0.2) is 66.7 Å². The van der Waals surface area contributed by atoms with Gasteiger partial charge >= 0.3 is 0 Å². The first-order chi connectivity index (χ1) is 14.4. The van der Waals surface area contributed by atoms with Gasteiger partial charge in [-0.3, -0.25) is 19.3 Å². The highest BCUT2D eigenvalue weighted by Gasteiger charge is 2.29. The van der Waals surface area contributed by atoms with Crippen molar-refractivity contribution >= 4 is 23.2 Å². The van der Waals surface area contributed by atoms with Gasteiger partial charge in [0, 0.05) is 34.5 Å². The van der Waals surface area contributed by atoms with E-state index in [2.05, 4.69) is 5.32 Å². The standard InChI is InChI=1S/C24H19FN2O3/c1-27(13-15-6-8-16(25)9-7-15)14-22(28)26-17-10-11-20-21(12-17)24(30)19-5-3-2-4-18(19)23(20)29/h2-12H,13-14H2,1H3,(H,26,28). The molecule has 5 nitrogen and oxygen atoms in total. The number of hydrogen-bond acceptors (Lipinski definition) is 4. The molecule has 0 saturated heterocycles. The summed E-state index contributed by atoms with van der Waals surface area (Å²) in [7, 11) is 1.79. The van der Waals surface area contributed by atoms with E-state index < -0.39 is 0 Å². The number of carbonyl (C=O) groups is 3. The highest BCUT2D eigenvalue weighted by atomic mass is 19.1. The average molecular weight is 402 g/mol. The van der Waals surface area contributed by atoms with Gasteiger partial charge in [0.1, 0.15) is 5.82 Å². The molecule has 30 heavy (non-hydrogen) atoms. The Kier molecular flexibility index (Phi) is 5.25. The zero-order valence-electron chi connectivity index (χ0n) is 16.3. The number of anilines is 1. The number of likely N-dealkylation sites (N-methyl/N-ethyl adjacent to an activating group) is 1. The third kappa shape index (κ3) is 3.90. The van der Waals surface area contributed by atoms with Crippen molar-refractivity contribution in [3.05, 3.63) is 100 Å². The zero-order chi connectivity index (χ0) is 21.3. The second-order valence-electron chi connectivity index (χ2n) is 7.31. The summed E-state index contributed by atoms with van der Waals surface area (Å²) in [4.78, 5) is 39.7. The number of fused-ring (bicyclic) bond motifs is 2. The molecular weight excluding hydrogens is 383 g/mol. The van der Waals surface area contributed by atoms with E-state index in [0.29, 0.717) is 28.9 Å². The van der Waals surface area contributed by atoms with E-state index in [1.807, 2.05) is 0 Å². The van der Waals surface area contributed by atoms with Gasteiger partial charge in [-0.15, -0.1) is 0 Å². The number of benzene rings is 3. The van der Waals surface area contributed by atoms with E-state index >= 15 is 0 Å². The summed E-state index contributed by atoms with van der Waals surface area (Å²) in [5.74, 6) is -0.987. The number of rotatable bonds is 5. The Balaban J connectivity index is 1.45. The maximum absolute atomic E-state index is 13.0. The number of halogens is 1. The molecule has 1 aliphatic rings. The molecule has 0 bridgehead atoms. The Labute approximate surface area is 173 Å².